The van der Waals surface area contributed by atoms with Gasteiger partial charge in [-0.2, -0.15) is 0 Å². The molecular formula is C15H29N3O2. The van der Waals surface area contributed by atoms with Crippen LogP contribution in [0.2, 0.25) is 0 Å². The molecule has 0 aromatic rings. The molecule has 116 valence electrons. The molecule has 5 heteroatoms. The minimum atomic E-state index is -0.405. The zero-order valence-corrected chi connectivity index (χ0v) is 13.1. The highest BCUT2D eigenvalue weighted by Gasteiger charge is 2.31. The van der Waals surface area contributed by atoms with Gasteiger partial charge in [0.15, 0.2) is 0 Å². The normalized spacial score (nSPS) is 27.1. The van der Waals surface area contributed by atoms with E-state index < -0.39 is 5.60 Å². The first-order chi connectivity index (χ1) is 9.46. The molecule has 0 spiro atoms. The number of amides is 1. The minimum Gasteiger partial charge on any atom is -0.444 e. The van der Waals surface area contributed by atoms with Crippen molar-refractivity contribution < 1.29 is 9.53 Å². The predicted octanol–water partition coefficient (Wildman–Crippen LogP) is 1.73. The van der Waals surface area contributed by atoms with Crippen LogP contribution in [0.25, 0.3) is 0 Å². The zero-order valence-electron chi connectivity index (χ0n) is 13.1. The summed E-state index contributed by atoms with van der Waals surface area (Å²) in [6.45, 7) is 9.77. The minimum absolute atomic E-state index is 0.150. The van der Waals surface area contributed by atoms with Gasteiger partial charge < -0.3 is 20.3 Å². The van der Waals surface area contributed by atoms with Crippen LogP contribution in [0, 0.1) is 0 Å². The second-order valence-electron chi connectivity index (χ2n) is 6.90. The van der Waals surface area contributed by atoms with E-state index in [2.05, 4.69) is 10.6 Å². The summed E-state index contributed by atoms with van der Waals surface area (Å²) in [7, 11) is 0. The molecule has 2 aliphatic rings. The van der Waals surface area contributed by atoms with E-state index in [1.807, 2.05) is 25.7 Å². The van der Waals surface area contributed by atoms with Gasteiger partial charge in [-0.1, -0.05) is 0 Å². The molecular weight excluding hydrogens is 254 g/mol. The summed E-state index contributed by atoms with van der Waals surface area (Å²) in [6, 6.07) is 0.943. The fourth-order valence-electron chi connectivity index (χ4n) is 2.98. The number of ether oxygens (including phenoxy) is 1. The van der Waals surface area contributed by atoms with E-state index in [4.69, 9.17) is 4.74 Å². The summed E-state index contributed by atoms with van der Waals surface area (Å²) in [4.78, 5) is 14.1. The van der Waals surface area contributed by atoms with Crippen molar-refractivity contribution in [2.75, 3.05) is 26.2 Å². The van der Waals surface area contributed by atoms with Gasteiger partial charge in [0.25, 0.3) is 0 Å². The number of rotatable bonds is 4. The maximum atomic E-state index is 12.2. The van der Waals surface area contributed by atoms with Crippen molar-refractivity contribution in [2.45, 2.75) is 64.1 Å². The summed E-state index contributed by atoms with van der Waals surface area (Å²) >= 11 is 0. The Kier molecular flexibility index (Phi) is 5.27. The maximum absolute atomic E-state index is 12.2. The molecule has 2 fully saturated rings. The smallest absolute Gasteiger partial charge is 0.410 e. The molecule has 2 aliphatic heterocycles. The molecule has 0 bridgehead atoms. The number of carbonyl (C=O) groups excluding carboxylic acids is 1. The number of hydrogen-bond acceptors (Lipinski definition) is 4. The van der Waals surface area contributed by atoms with Crippen LogP contribution in [0.1, 0.15) is 46.5 Å². The van der Waals surface area contributed by atoms with Crippen molar-refractivity contribution in [3.8, 4) is 0 Å². The molecule has 2 unspecified atom stereocenters. The molecule has 0 aliphatic carbocycles. The SMILES string of the molecule is CC(C)(C)OC(=O)N1CCCC1CCNC1CCNC1. The molecule has 5 nitrogen and oxygen atoms in total. The van der Waals surface area contributed by atoms with Crippen LogP contribution >= 0.6 is 0 Å². The summed E-state index contributed by atoms with van der Waals surface area (Å²) < 4.78 is 5.49. The first-order valence-corrected chi connectivity index (χ1v) is 7.89. The van der Waals surface area contributed by atoms with Crippen molar-refractivity contribution >= 4 is 6.09 Å². The van der Waals surface area contributed by atoms with Crippen LogP contribution in [0.5, 0.6) is 0 Å². The molecule has 2 N–H and O–H groups in total. The average molecular weight is 283 g/mol. The molecule has 0 aromatic heterocycles. The van der Waals surface area contributed by atoms with Gasteiger partial charge in [0.05, 0.1) is 0 Å². The number of likely N-dealkylation sites (tertiary alicyclic amines) is 1. The summed E-state index contributed by atoms with van der Waals surface area (Å²) in [5.74, 6) is 0. The first-order valence-electron chi connectivity index (χ1n) is 7.89. The topological polar surface area (TPSA) is 53.6 Å². The van der Waals surface area contributed by atoms with E-state index in [0.717, 1.165) is 45.4 Å². The molecule has 2 saturated heterocycles. The lowest BCUT2D eigenvalue weighted by Crippen LogP contribution is -2.41. The number of nitrogens with one attached hydrogen (secondary N) is 2. The maximum Gasteiger partial charge on any atom is 0.410 e. The quantitative estimate of drug-likeness (QED) is 0.825. The van der Waals surface area contributed by atoms with Crippen molar-refractivity contribution in [1.82, 2.24) is 15.5 Å². The highest BCUT2D eigenvalue weighted by atomic mass is 16.6. The van der Waals surface area contributed by atoms with Crippen LogP contribution in [0.3, 0.4) is 0 Å². The van der Waals surface area contributed by atoms with Crippen LogP contribution in [0.15, 0.2) is 0 Å². The lowest BCUT2D eigenvalue weighted by Gasteiger charge is -2.29. The third-order valence-corrected chi connectivity index (χ3v) is 3.98. The van der Waals surface area contributed by atoms with Gasteiger partial charge in [0, 0.05) is 25.2 Å². The lowest BCUT2D eigenvalue weighted by atomic mass is 10.1. The van der Waals surface area contributed by atoms with E-state index in [-0.39, 0.29) is 6.09 Å². The Bertz CT molecular complexity index is 322. The summed E-state index contributed by atoms with van der Waals surface area (Å²) in [5.41, 5.74) is -0.405. The third-order valence-electron chi connectivity index (χ3n) is 3.98. The van der Waals surface area contributed by atoms with E-state index in [1.165, 1.54) is 6.42 Å². The van der Waals surface area contributed by atoms with Gasteiger partial charge >= 0.3 is 6.09 Å². The van der Waals surface area contributed by atoms with Gasteiger partial charge in [0.2, 0.25) is 0 Å². The summed E-state index contributed by atoms with van der Waals surface area (Å²) in [6.07, 6.45) is 4.28. The molecule has 2 atom stereocenters. The molecule has 1 amide bonds. The zero-order chi connectivity index (χ0) is 14.6. The number of nitrogens with zero attached hydrogens (tertiary/aromatic N) is 1. The first kappa shape index (κ1) is 15.6. The highest BCUT2D eigenvalue weighted by Crippen LogP contribution is 2.22. The number of hydrogen-bond donors (Lipinski definition) is 2. The Balaban J connectivity index is 1.73. The monoisotopic (exact) mass is 283 g/mol. The van der Waals surface area contributed by atoms with Crippen molar-refractivity contribution in [3.63, 3.8) is 0 Å². The van der Waals surface area contributed by atoms with Gasteiger partial charge in [-0.15, -0.1) is 0 Å². The third kappa shape index (κ3) is 4.63. The van der Waals surface area contributed by atoms with E-state index in [9.17, 15) is 4.79 Å². The van der Waals surface area contributed by atoms with Gasteiger partial charge in [0.1, 0.15) is 5.60 Å². The average Bonchev–Trinajstić information content (AvgIpc) is 2.97. The van der Waals surface area contributed by atoms with Gasteiger partial charge in [-0.25, -0.2) is 4.79 Å². The molecule has 0 saturated carbocycles. The van der Waals surface area contributed by atoms with Crippen molar-refractivity contribution in [3.05, 3.63) is 0 Å². The largest absolute Gasteiger partial charge is 0.444 e. The Labute approximate surface area is 122 Å². The van der Waals surface area contributed by atoms with Crippen LogP contribution in [0.4, 0.5) is 4.79 Å². The Morgan fingerprint density at radius 3 is 2.85 bits per heavy atom. The predicted molar refractivity (Wildman–Crippen MR) is 79.9 cm³/mol. The fraction of sp³-hybridized carbons (Fsp3) is 0.933. The second kappa shape index (κ2) is 6.76. The van der Waals surface area contributed by atoms with Crippen molar-refractivity contribution in [1.29, 1.82) is 0 Å². The second-order valence-corrected chi connectivity index (χ2v) is 6.90. The fourth-order valence-corrected chi connectivity index (χ4v) is 2.98. The lowest BCUT2D eigenvalue weighted by molar-refractivity contribution is 0.0220. The van der Waals surface area contributed by atoms with Crippen molar-refractivity contribution in [2.24, 2.45) is 0 Å². The highest BCUT2D eigenvalue weighted by molar-refractivity contribution is 5.68. The Morgan fingerprint density at radius 1 is 1.40 bits per heavy atom. The molecule has 20 heavy (non-hydrogen) atoms. The van der Waals surface area contributed by atoms with Crippen LogP contribution in [-0.2, 0) is 4.74 Å². The summed E-state index contributed by atoms with van der Waals surface area (Å²) in [5, 5.41) is 6.93. The molecule has 2 rings (SSSR count). The number of carbonyl (C=O) groups is 1. The standard InChI is InChI=1S/C15H29N3O2/c1-15(2,3)20-14(19)18-10-4-5-13(18)7-9-17-12-6-8-16-11-12/h12-13,16-17H,4-11H2,1-3H3. The Morgan fingerprint density at radius 2 is 2.20 bits per heavy atom. The van der Waals surface area contributed by atoms with E-state index in [0.29, 0.717) is 12.1 Å². The van der Waals surface area contributed by atoms with E-state index in [1.54, 1.807) is 0 Å². The molecule has 0 aromatic carbocycles. The van der Waals surface area contributed by atoms with Crippen LogP contribution < -0.4 is 10.6 Å². The molecule has 0 radical (unpaired) electrons. The van der Waals surface area contributed by atoms with Gasteiger partial charge in [-0.3, -0.25) is 0 Å². The van der Waals surface area contributed by atoms with Crippen LogP contribution in [-0.4, -0.2) is 54.9 Å². The van der Waals surface area contributed by atoms with E-state index >= 15 is 0 Å². The van der Waals surface area contributed by atoms with Gasteiger partial charge in [-0.05, 0) is 59.5 Å². The molecule has 2 heterocycles. The Hall–Kier alpha value is -0.810.